The van der Waals surface area contributed by atoms with E-state index in [1.54, 1.807) is 0 Å². The van der Waals surface area contributed by atoms with E-state index in [-0.39, 0.29) is 5.91 Å². The summed E-state index contributed by atoms with van der Waals surface area (Å²) in [5, 5.41) is 2.79. The van der Waals surface area contributed by atoms with Crippen molar-refractivity contribution >= 4 is 38.6 Å². The molecular formula is C15H10BrN3O. The van der Waals surface area contributed by atoms with E-state index in [1.807, 2.05) is 48.5 Å². The SMILES string of the molecule is O=C(Nc1ccc(Br)cc1)c1cnc2ccccc2n1. The van der Waals surface area contributed by atoms with Gasteiger partial charge in [-0.25, -0.2) is 4.98 Å². The lowest BCUT2D eigenvalue weighted by Gasteiger charge is -2.05. The third-order valence-electron chi connectivity index (χ3n) is 2.78. The van der Waals surface area contributed by atoms with Gasteiger partial charge in [-0.3, -0.25) is 9.78 Å². The summed E-state index contributed by atoms with van der Waals surface area (Å²) in [6.07, 6.45) is 1.48. The Kier molecular flexibility index (Phi) is 3.43. The molecular weight excluding hydrogens is 318 g/mol. The van der Waals surface area contributed by atoms with Crippen LogP contribution >= 0.6 is 15.9 Å². The van der Waals surface area contributed by atoms with Crippen molar-refractivity contribution in [2.24, 2.45) is 0 Å². The second-order valence-electron chi connectivity index (χ2n) is 4.20. The number of hydrogen-bond donors (Lipinski definition) is 1. The van der Waals surface area contributed by atoms with Crippen LogP contribution in [-0.4, -0.2) is 15.9 Å². The van der Waals surface area contributed by atoms with Crippen LogP contribution in [0, 0.1) is 0 Å². The number of hydrogen-bond acceptors (Lipinski definition) is 3. The van der Waals surface area contributed by atoms with Gasteiger partial charge in [-0.1, -0.05) is 28.1 Å². The molecule has 0 bridgehead atoms. The first-order chi connectivity index (χ1) is 9.72. The molecule has 2 aromatic carbocycles. The largest absolute Gasteiger partial charge is 0.321 e. The van der Waals surface area contributed by atoms with Crippen LogP contribution in [0.4, 0.5) is 5.69 Å². The van der Waals surface area contributed by atoms with Gasteiger partial charge < -0.3 is 5.32 Å². The zero-order valence-electron chi connectivity index (χ0n) is 10.4. The van der Waals surface area contributed by atoms with Crippen LogP contribution in [-0.2, 0) is 0 Å². The van der Waals surface area contributed by atoms with Gasteiger partial charge in [0.05, 0.1) is 17.2 Å². The summed E-state index contributed by atoms with van der Waals surface area (Å²) >= 11 is 3.35. The van der Waals surface area contributed by atoms with E-state index in [9.17, 15) is 4.79 Å². The summed E-state index contributed by atoms with van der Waals surface area (Å²) in [7, 11) is 0. The maximum absolute atomic E-state index is 12.1. The van der Waals surface area contributed by atoms with E-state index in [4.69, 9.17) is 0 Å². The summed E-state index contributed by atoms with van der Waals surface area (Å²) < 4.78 is 0.959. The van der Waals surface area contributed by atoms with E-state index >= 15 is 0 Å². The lowest BCUT2D eigenvalue weighted by Crippen LogP contribution is -2.14. The molecule has 20 heavy (non-hydrogen) atoms. The Hall–Kier alpha value is -2.27. The molecule has 98 valence electrons. The first-order valence-electron chi connectivity index (χ1n) is 6.01. The van der Waals surface area contributed by atoms with Crippen molar-refractivity contribution in [1.82, 2.24) is 9.97 Å². The lowest BCUT2D eigenvalue weighted by atomic mass is 10.3. The Bertz CT molecular complexity index is 771. The highest BCUT2D eigenvalue weighted by molar-refractivity contribution is 9.10. The average molecular weight is 328 g/mol. The lowest BCUT2D eigenvalue weighted by molar-refractivity contribution is 0.102. The van der Waals surface area contributed by atoms with Gasteiger partial charge in [0.25, 0.3) is 5.91 Å². The zero-order valence-corrected chi connectivity index (χ0v) is 12.0. The summed E-state index contributed by atoms with van der Waals surface area (Å²) in [5.41, 5.74) is 2.49. The van der Waals surface area contributed by atoms with Crippen LogP contribution in [0.25, 0.3) is 11.0 Å². The molecule has 1 N–H and O–H groups in total. The Balaban J connectivity index is 1.86. The molecule has 0 atom stereocenters. The molecule has 0 aliphatic heterocycles. The standard InChI is InChI=1S/C15H10BrN3O/c16-10-5-7-11(8-6-10)18-15(20)14-9-17-12-3-1-2-4-13(12)19-14/h1-9H,(H,18,20). The quantitative estimate of drug-likeness (QED) is 0.781. The van der Waals surface area contributed by atoms with Gasteiger partial charge in [0, 0.05) is 10.2 Å². The Labute approximate surface area is 124 Å². The van der Waals surface area contributed by atoms with Crippen molar-refractivity contribution in [2.45, 2.75) is 0 Å². The van der Waals surface area contributed by atoms with Crippen LogP contribution < -0.4 is 5.32 Å². The van der Waals surface area contributed by atoms with E-state index in [0.29, 0.717) is 16.9 Å². The highest BCUT2D eigenvalue weighted by Crippen LogP contribution is 2.15. The summed E-state index contributed by atoms with van der Waals surface area (Å²) in [6.45, 7) is 0. The molecule has 0 fully saturated rings. The number of amides is 1. The average Bonchev–Trinajstić information content (AvgIpc) is 2.49. The smallest absolute Gasteiger partial charge is 0.275 e. The Morgan fingerprint density at radius 2 is 1.70 bits per heavy atom. The second kappa shape index (κ2) is 5.38. The minimum Gasteiger partial charge on any atom is -0.321 e. The Morgan fingerprint density at radius 1 is 1.00 bits per heavy atom. The minimum atomic E-state index is -0.273. The van der Waals surface area contributed by atoms with E-state index in [0.717, 1.165) is 9.99 Å². The number of carbonyl (C=O) groups excluding carboxylic acids is 1. The fourth-order valence-electron chi connectivity index (χ4n) is 1.79. The van der Waals surface area contributed by atoms with E-state index < -0.39 is 0 Å². The maximum atomic E-state index is 12.1. The first kappa shape index (κ1) is 12.7. The van der Waals surface area contributed by atoms with Gasteiger partial charge in [0.15, 0.2) is 0 Å². The van der Waals surface area contributed by atoms with Crippen LogP contribution in [0.3, 0.4) is 0 Å². The van der Waals surface area contributed by atoms with Crippen LogP contribution in [0.2, 0.25) is 0 Å². The van der Waals surface area contributed by atoms with Crippen molar-refractivity contribution in [3.05, 3.63) is 64.9 Å². The van der Waals surface area contributed by atoms with Crippen LogP contribution in [0.5, 0.6) is 0 Å². The van der Waals surface area contributed by atoms with Crippen molar-refractivity contribution in [2.75, 3.05) is 5.32 Å². The Morgan fingerprint density at radius 3 is 2.45 bits per heavy atom. The molecule has 1 heterocycles. The molecule has 1 aromatic heterocycles. The number of aromatic nitrogens is 2. The second-order valence-corrected chi connectivity index (χ2v) is 5.12. The van der Waals surface area contributed by atoms with Crippen molar-refractivity contribution in [1.29, 1.82) is 0 Å². The molecule has 0 radical (unpaired) electrons. The van der Waals surface area contributed by atoms with Gasteiger partial charge in [0.2, 0.25) is 0 Å². The molecule has 0 saturated carbocycles. The number of carbonyl (C=O) groups is 1. The maximum Gasteiger partial charge on any atom is 0.275 e. The van der Waals surface area contributed by atoms with Gasteiger partial charge in [-0.2, -0.15) is 0 Å². The first-order valence-corrected chi connectivity index (χ1v) is 6.80. The number of nitrogens with one attached hydrogen (secondary N) is 1. The molecule has 3 rings (SSSR count). The third kappa shape index (κ3) is 2.67. The molecule has 3 aromatic rings. The zero-order chi connectivity index (χ0) is 13.9. The number of benzene rings is 2. The molecule has 1 amide bonds. The number of nitrogens with zero attached hydrogens (tertiary/aromatic N) is 2. The number of rotatable bonds is 2. The van der Waals surface area contributed by atoms with E-state index in [2.05, 4.69) is 31.2 Å². The number of halogens is 1. The summed E-state index contributed by atoms with van der Waals surface area (Å²) in [6, 6.07) is 14.8. The summed E-state index contributed by atoms with van der Waals surface area (Å²) in [5.74, 6) is -0.273. The predicted molar refractivity (Wildman–Crippen MR) is 81.6 cm³/mol. The molecule has 0 spiro atoms. The van der Waals surface area contributed by atoms with Gasteiger partial charge in [-0.05, 0) is 36.4 Å². The fourth-order valence-corrected chi connectivity index (χ4v) is 2.06. The molecule has 4 nitrogen and oxygen atoms in total. The molecule has 0 aliphatic rings. The minimum absolute atomic E-state index is 0.273. The molecule has 0 unspecified atom stereocenters. The monoisotopic (exact) mass is 327 g/mol. The van der Waals surface area contributed by atoms with Gasteiger partial charge in [0.1, 0.15) is 5.69 Å². The molecule has 5 heteroatoms. The van der Waals surface area contributed by atoms with Crippen molar-refractivity contribution < 1.29 is 4.79 Å². The molecule has 0 aliphatic carbocycles. The van der Waals surface area contributed by atoms with Gasteiger partial charge >= 0.3 is 0 Å². The number of anilines is 1. The fraction of sp³-hybridized carbons (Fsp3) is 0. The molecule has 0 saturated heterocycles. The van der Waals surface area contributed by atoms with Gasteiger partial charge in [-0.15, -0.1) is 0 Å². The predicted octanol–water partition coefficient (Wildman–Crippen LogP) is 3.64. The van der Waals surface area contributed by atoms with Crippen molar-refractivity contribution in [3.63, 3.8) is 0 Å². The third-order valence-corrected chi connectivity index (χ3v) is 3.31. The van der Waals surface area contributed by atoms with Crippen molar-refractivity contribution in [3.8, 4) is 0 Å². The highest BCUT2D eigenvalue weighted by atomic mass is 79.9. The normalized spacial score (nSPS) is 10.4. The van der Waals surface area contributed by atoms with Crippen LogP contribution in [0.1, 0.15) is 10.5 Å². The number of para-hydroxylation sites is 2. The van der Waals surface area contributed by atoms with Crippen LogP contribution in [0.15, 0.2) is 59.2 Å². The highest BCUT2D eigenvalue weighted by Gasteiger charge is 2.09. The topological polar surface area (TPSA) is 54.9 Å². The summed E-state index contributed by atoms with van der Waals surface area (Å²) in [4.78, 5) is 20.6. The van der Waals surface area contributed by atoms with E-state index in [1.165, 1.54) is 6.20 Å². The number of fused-ring (bicyclic) bond motifs is 1.